The SMILES string of the molecule is O=C(O)c1cc2c(O[C@@H]3O[C@H](CO)[C@@H](O)[C@H](O)[C@H]3O)c(-c3ccc(O)cc3)oc3cc(=O)cc(o1)c32. The number of aromatic carboxylic acids is 1. The minimum absolute atomic E-state index is 0.0334. The van der Waals surface area contributed by atoms with E-state index in [1.54, 1.807) is 0 Å². The second kappa shape index (κ2) is 8.93. The molecular weight excluding hydrogens is 480 g/mol. The number of aliphatic hydroxyl groups excluding tert-OH is 4. The second-order valence-electron chi connectivity index (χ2n) is 8.25. The summed E-state index contributed by atoms with van der Waals surface area (Å²) in [6, 6.07) is 9.04. The summed E-state index contributed by atoms with van der Waals surface area (Å²) >= 11 is 0. The minimum Gasteiger partial charge on any atom is -0.508 e. The molecule has 6 N–H and O–H groups in total. The van der Waals surface area contributed by atoms with Crippen molar-refractivity contribution in [2.75, 3.05) is 6.61 Å². The molecule has 188 valence electrons. The number of carboxylic acid groups (broad SMARTS) is 1. The van der Waals surface area contributed by atoms with Gasteiger partial charge in [-0.05, 0) is 24.3 Å². The van der Waals surface area contributed by atoms with Crippen molar-refractivity contribution in [1.29, 1.82) is 0 Å². The van der Waals surface area contributed by atoms with E-state index in [4.69, 9.17) is 18.3 Å². The number of benzene rings is 2. The van der Waals surface area contributed by atoms with E-state index in [0.717, 1.165) is 12.1 Å². The first-order chi connectivity index (χ1) is 17.2. The number of carboxylic acids is 1. The summed E-state index contributed by atoms with van der Waals surface area (Å²) in [5.74, 6) is -2.21. The molecule has 0 bridgehead atoms. The molecule has 5 atom stereocenters. The maximum Gasteiger partial charge on any atom is 0.371 e. The van der Waals surface area contributed by atoms with Gasteiger partial charge in [0.25, 0.3) is 0 Å². The Hall–Kier alpha value is -3.94. The molecule has 0 spiro atoms. The van der Waals surface area contributed by atoms with Crippen LogP contribution in [0.4, 0.5) is 0 Å². The molecule has 0 amide bonds. The highest BCUT2D eigenvalue weighted by Crippen LogP contribution is 2.43. The van der Waals surface area contributed by atoms with Gasteiger partial charge in [-0.25, -0.2) is 4.79 Å². The Kier molecular flexibility index (Phi) is 5.90. The van der Waals surface area contributed by atoms with Crippen LogP contribution in [0.3, 0.4) is 0 Å². The van der Waals surface area contributed by atoms with Crippen LogP contribution in [-0.4, -0.2) is 73.9 Å². The predicted molar refractivity (Wildman–Crippen MR) is 121 cm³/mol. The third-order valence-corrected chi connectivity index (χ3v) is 5.89. The summed E-state index contributed by atoms with van der Waals surface area (Å²) in [6.07, 6.45) is -8.04. The Morgan fingerprint density at radius 1 is 0.944 bits per heavy atom. The van der Waals surface area contributed by atoms with Gasteiger partial charge in [0.15, 0.2) is 16.9 Å². The number of rotatable bonds is 5. The summed E-state index contributed by atoms with van der Waals surface area (Å²) in [5, 5.41) is 59.9. The van der Waals surface area contributed by atoms with Crippen LogP contribution in [0.1, 0.15) is 10.6 Å². The summed E-state index contributed by atoms with van der Waals surface area (Å²) in [5.41, 5.74) is -0.247. The van der Waals surface area contributed by atoms with Gasteiger partial charge >= 0.3 is 5.97 Å². The zero-order valence-corrected chi connectivity index (χ0v) is 18.3. The van der Waals surface area contributed by atoms with Gasteiger partial charge in [0, 0.05) is 29.1 Å². The lowest BCUT2D eigenvalue weighted by molar-refractivity contribution is -0.277. The van der Waals surface area contributed by atoms with Crippen molar-refractivity contribution in [3.8, 4) is 22.8 Å². The third kappa shape index (κ3) is 3.96. The topological polar surface area (TPSA) is 200 Å². The van der Waals surface area contributed by atoms with E-state index in [2.05, 4.69) is 0 Å². The lowest BCUT2D eigenvalue weighted by Crippen LogP contribution is -2.60. The van der Waals surface area contributed by atoms with E-state index in [1.807, 2.05) is 0 Å². The molecule has 4 aromatic rings. The predicted octanol–water partition coefficient (Wildman–Crippen LogP) is 0.789. The maximum atomic E-state index is 12.2. The van der Waals surface area contributed by atoms with Crippen LogP contribution in [0.15, 0.2) is 56.1 Å². The van der Waals surface area contributed by atoms with E-state index in [0.29, 0.717) is 5.56 Å². The zero-order chi connectivity index (χ0) is 25.7. The number of aliphatic hydroxyl groups is 4. The fraction of sp³-hybridized carbons (Fsp3) is 0.250. The highest BCUT2D eigenvalue weighted by molar-refractivity contribution is 6.11. The van der Waals surface area contributed by atoms with Gasteiger partial charge in [-0.15, -0.1) is 0 Å². The van der Waals surface area contributed by atoms with E-state index in [-0.39, 0.29) is 39.2 Å². The molecule has 0 saturated carbocycles. The molecule has 12 nitrogen and oxygen atoms in total. The highest BCUT2D eigenvalue weighted by atomic mass is 16.7. The van der Waals surface area contributed by atoms with Gasteiger partial charge in [-0.1, -0.05) is 0 Å². The lowest BCUT2D eigenvalue weighted by Gasteiger charge is -2.39. The molecule has 1 fully saturated rings. The number of carbonyl (C=O) groups is 1. The monoisotopic (exact) mass is 500 g/mol. The van der Waals surface area contributed by atoms with Crippen LogP contribution in [0, 0.1) is 0 Å². The van der Waals surface area contributed by atoms with E-state index in [1.165, 1.54) is 30.3 Å². The molecule has 0 unspecified atom stereocenters. The van der Waals surface area contributed by atoms with Crippen molar-refractivity contribution in [2.45, 2.75) is 30.7 Å². The van der Waals surface area contributed by atoms with Gasteiger partial charge in [0.2, 0.25) is 12.1 Å². The number of phenolic OH excluding ortho intramolecular Hbond substituents is 1. The molecule has 1 aliphatic heterocycles. The van der Waals surface area contributed by atoms with Gasteiger partial charge in [-0.3, -0.25) is 4.79 Å². The van der Waals surface area contributed by atoms with Crippen molar-refractivity contribution in [1.82, 2.24) is 0 Å². The second-order valence-corrected chi connectivity index (χ2v) is 8.25. The van der Waals surface area contributed by atoms with Crippen molar-refractivity contribution < 1.29 is 53.7 Å². The Labute approximate surface area is 200 Å². The number of aromatic hydroxyl groups is 1. The van der Waals surface area contributed by atoms with Crippen molar-refractivity contribution in [2.24, 2.45) is 0 Å². The molecule has 2 aromatic heterocycles. The minimum atomic E-state index is -1.77. The molecule has 1 saturated heterocycles. The van der Waals surface area contributed by atoms with Crippen LogP contribution in [-0.2, 0) is 4.74 Å². The van der Waals surface area contributed by atoms with Gasteiger partial charge < -0.3 is 48.9 Å². The van der Waals surface area contributed by atoms with Gasteiger partial charge in [0.05, 0.1) is 12.0 Å². The average Bonchev–Trinajstić information content (AvgIpc) is 2.85. The molecule has 5 rings (SSSR count). The van der Waals surface area contributed by atoms with Gasteiger partial charge in [-0.2, -0.15) is 0 Å². The van der Waals surface area contributed by atoms with Crippen LogP contribution < -0.4 is 10.2 Å². The largest absolute Gasteiger partial charge is 0.508 e. The van der Waals surface area contributed by atoms with E-state index in [9.17, 15) is 40.2 Å². The third-order valence-electron chi connectivity index (χ3n) is 5.89. The smallest absolute Gasteiger partial charge is 0.371 e. The molecule has 1 aliphatic rings. The summed E-state index contributed by atoms with van der Waals surface area (Å²) in [7, 11) is 0. The number of hydrogen-bond donors (Lipinski definition) is 6. The van der Waals surface area contributed by atoms with Gasteiger partial charge in [0.1, 0.15) is 41.3 Å². The van der Waals surface area contributed by atoms with E-state index < -0.39 is 54.5 Å². The number of hydrogen-bond acceptors (Lipinski definition) is 11. The zero-order valence-electron chi connectivity index (χ0n) is 18.3. The lowest BCUT2D eigenvalue weighted by atomic mass is 9.99. The summed E-state index contributed by atoms with van der Waals surface area (Å²) < 4.78 is 22.7. The summed E-state index contributed by atoms with van der Waals surface area (Å²) in [6.45, 7) is -0.697. The van der Waals surface area contributed by atoms with Crippen molar-refractivity contribution in [3.05, 3.63) is 58.4 Å². The van der Waals surface area contributed by atoms with Crippen LogP contribution in [0.5, 0.6) is 11.5 Å². The standard InChI is InChI=1S/C24H20O12/c25-8-16-18(28)19(29)20(30)24(35-16)36-22-12-7-15(23(31)32)33-13-5-11(27)6-14(17(12)13)34-21(22)9-1-3-10(26)4-2-9/h1-7,16,18-20,24-26,28-30H,8H2,(H,31,32)/t16-,18-,19+,20-,24+/m1/s1. The first kappa shape index (κ1) is 23.8. The van der Waals surface area contributed by atoms with Crippen LogP contribution >= 0.6 is 0 Å². The molecule has 3 heterocycles. The van der Waals surface area contributed by atoms with Crippen LogP contribution in [0.25, 0.3) is 33.3 Å². The first-order valence-corrected chi connectivity index (χ1v) is 10.7. The quantitative estimate of drug-likeness (QED) is 0.225. The molecular formula is C24H20O12. The Morgan fingerprint density at radius 3 is 2.25 bits per heavy atom. The molecule has 36 heavy (non-hydrogen) atoms. The maximum absolute atomic E-state index is 12.2. The molecule has 12 heteroatoms. The normalized spacial score (nSPS) is 24.3. The van der Waals surface area contributed by atoms with Crippen molar-refractivity contribution >= 4 is 27.9 Å². The molecule has 2 aromatic carbocycles. The van der Waals surface area contributed by atoms with Crippen LogP contribution in [0.2, 0.25) is 0 Å². The molecule has 0 radical (unpaired) electrons. The summed E-state index contributed by atoms with van der Waals surface area (Å²) in [4.78, 5) is 24.0. The Balaban J connectivity index is 1.79. The number of phenols is 1. The van der Waals surface area contributed by atoms with Crippen molar-refractivity contribution in [3.63, 3.8) is 0 Å². The first-order valence-electron chi connectivity index (χ1n) is 10.7. The fourth-order valence-corrected chi connectivity index (χ4v) is 4.11. The Morgan fingerprint density at radius 2 is 1.61 bits per heavy atom. The average molecular weight is 500 g/mol. The van der Waals surface area contributed by atoms with E-state index >= 15 is 0 Å². The Bertz CT molecular complexity index is 1500. The number of ether oxygens (including phenoxy) is 2. The molecule has 0 aliphatic carbocycles. The highest BCUT2D eigenvalue weighted by Gasteiger charge is 2.45. The fourth-order valence-electron chi connectivity index (χ4n) is 4.11.